The molecule has 32 heteroatoms. The number of alkyl carbamates (subject to hydrolysis) is 6. The normalized spacial score (nSPS) is 10.7. The Morgan fingerprint density at radius 2 is 0.722 bits per heavy atom. The fourth-order valence-corrected chi connectivity index (χ4v) is 3.60. The highest BCUT2D eigenvalue weighted by atomic mass is 16.6. The molecule has 8 amide bonds. The quantitative estimate of drug-likeness (QED) is 0.0130. The molecule has 408 valence electrons. The SMILES string of the molecule is C=C(C)C(=O)OCCOC(=O)NCNC(=O)COC(=O)COC(=O)NCNC(=O)OC(C)COC(C)C.C=C(C)C(=O)OCCOC(=O)NCNC(=O)OCC(=O)OCC(=O)NCNC(=O)OC(C)COC. The Hall–Kier alpha value is -8.16. The molecule has 0 saturated heterocycles. The number of esters is 4. The zero-order valence-electron chi connectivity index (χ0n) is 40.8. The molecular formula is C40H64N8O24. The minimum atomic E-state index is -1.06. The van der Waals surface area contributed by atoms with Gasteiger partial charge < -0.3 is 99.4 Å². The summed E-state index contributed by atoms with van der Waals surface area (Å²) in [6.07, 6.45) is -6.47. The van der Waals surface area contributed by atoms with Gasteiger partial charge in [0.1, 0.15) is 38.6 Å². The van der Waals surface area contributed by atoms with Gasteiger partial charge in [-0.05, 0) is 41.5 Å². The first kappa shape index (κ1) is 65.9. The highest BCUT2D eigenvalue weighted by molar-refractivity contribution is 5.87. The summed E-state index contributed by atoms with van der Waals surface area (Å²) in [5, 5.41) is 17.6. The Kier molecular flexibility index (Phi) is 37.3. The van der Waals surface area contributed by atoms with E-state index in [-0.39, 0.29) is 83.6 Å². The van der Waals surface area contributed by atoms with E-state index in [0.29, 0.717) is 0 Å². The molecule has 0 fully saturated rings. The van der Waals surface area contributed by atoms with Gasteiger partial charge in [0.15, 0.2) is 26.4 Å². The van der Waals surface area contributed by atoms with Gasteiger partial charge in [-0.1, -0.05) is 13.2 Å². The van der Waals surface area contributed by atoms with Crippen molar-refractivity contribution in [2.45, 2.75) is 59.9 Å². The lowest BCUT2D eigenvalue weighted by Gasteiger charge is -2.15. The fraction of sp³-hybridized carbons (Fsp3) is 0.600. The number of ether oxygens (including phenoxy) is 12. The molecule has 0 bridgehead atoms. The molecule has 0 saturated carbocycles. The molecule has 72 heavy (non-hydrogen) atoms. The summed E-state index contributed by atoms with van der Waals surface area (Å²) < 4.78 is 57.1. The van der Waals surface area contributed by atoms with E-state index in [1.54, 1.807) is 13.8 Å². The fourth-order valence-electron chi connectivity index (χ4n) is 3.60. The van der Waals surface area contributed by atoms with Crippen molar-refractivity contribution < 1.29 is 114 Å². The van der Waals surface area contributed by atoms with Crippen molar-refractivity contribution >= 4 is 72.3 Å². The van der Waals surface area contributed by atoms with Crippen molar-refractivity contribution in [3.8, 4) is 0 Å². The number of hydrogen-bond acceptors (Lipinski definition) is 24. The van der Waals surface area contributed by atoms with E-state index in [9.17, 15) is 57.5 Å². The molecule has 0 aliphatic heterocycles. The number of methoxy groups -OCH3 is 1. The summed E-state index contributed by atoms with van der Waals surface area (Å²) in [6, 6.07) is 0. The van der Waals surface area contributed by atoms with E-state index in [1.165, 1.54) is 21.0 Å². The van der Waals surface area contributed by atoms with E-state index in [0.717, 1.165) is 0 Å². The summed E-state index contributed by atoms with van der Waals surface area (Å²) in [6.45, 7) is 11.9. The Morgan fingerprint density at radius 1 is 0.403 bits per heavy atom. The molecule has 2 unspecified atom stereocenters. The van der Waals surface area contributed by atoms with Crippen molar-refractivity contribution in [1.82, 2.24) is 42.5 Å². The van der Waals surface area contributed by atoms with Crippen molar-refractivity contribution in [1.29, 1.82) is 0 Å². The van der Waals surface area contributed by atoms with Crippen LogP contribution in [-0.4, -0.2) is 190 Å². The van der Waals surface area contributed by atoms with E-state index in [2.05, 4.69) is 79.4 Å². The first-order valence-electron chi connectivity index (χ1n) is 21.1. The predicted molar refractivity (Wildman–Crippen MR) is 238 cm³/mol. The molecule has 0 rings (SSSR count). The Bertz CT molecular complexity index is 1810. The van der Waals surface area contributed by atoms with Gasteiger partial charge in [0.2, 0.25) is 0 Å². The number of rotatable bonds is 31. The summed E-state index contributed by atoms with van der Waals surface area (Å²) in [5.41, 5.74) is 0.401. The van der Waals surface area contributed by atoms with Gasteiger partial charge in [-0.25, -0.2) is 47.9 Å². The molecule has 0 aliphatic rings. The van der Waals surface area contributed by atoms with Crippen LogP contribution in [-0.2, 0) is 85.6 Å². The van der Waals surface area contributed by atoms with Crippen molar-refractivity contribution in [2.75, 3.05) is 99.9 Å². The second-order valence-corrected chi connectivity index (χ2v) is 13.8. The van der Waals surface area contributed by atoms with Crippen LogP contribution in [0.25, 0.3) is 0 Å². The van der Waals surface area contributed by atoms with Crippen LogP contribution >= 0.6 is 0 Å². The standard InChI is InChI=1S/C21H34N4O12.C19H30N4O12/c1-13(2)18(28)32-6-7-33-19(29)23-11-22-16(26)9-35-17(27)10-36-20(30)24-12-25-21(31)37-15(5)8-34-14(3)4;1-12(2)16(26)31-5-6-32-17(27)21-11-22-18(28)34-9-15(25)33-8-14(24)20-10-23-19(29)35-13(3)7-30-4/h14-15H,1,6-12H2,2-5H3,(H,22,26)(H,23,29)(H,24,30)(H,25,31);13H,1,5-11H2,2-4H3,(H,20,24)(H,21,27)(H,22,28)(H,23,29). The van der Waals surface area contributed by atoms with E-state index >= 15 is 0 Å². The van der Waals surface area contributed by atoms with Crippen LogP contribution in [0.15, 0.2) is 24.3 Å². The molecule has 0 aromatic carbocycles. The van der Waals surface area contributed by atoms with Crippen LogP contribution in [0.5, 0.6) is 0 Å². The van der Waals surface area contributed by atoms with Crippen LogP contribution in [0.1, 0.15) is 41.5 Å². The van der Waals surface area contributed by atoms with Crippen molar-refractivity contribution in [3.05, 3.63) is 24.3 Å². The van der Waals surface area contributed by atoms with Gasteiger partial charge in [-0.15, -0.1) is 0 Å². The van der Waals surface area contributed by atoms with Crippen molar-refractivity contribution in [3.63, 3.8) is 0 Å². The molecule has 0 radical (unpaired) electrons. The topological polar surface area (TPSA) is 412 Å². The maximum atomic E-state index is 11.6. The van der Waals surface area contributed by atoms with Crippen LogP contribution in [0, 0.1) is 0 Å². The zero-order chi connectivity index (χ0) is 54.9. The lowest BCUT2D eigenvalue weighted by Crippen LogP contribution is -2.41. The molecular weight excluding hydrogens is 976 g/mol. The molecule has 0 aliphatic carbocycles. The second kappa shape index (κ2) is 40.7. The van der Waals surface area contributed by atoms with Crippen LogP contribution in [0.4, 0.5) is 28.8 Å². The average Bonchev–Trinajstić information content (AvgIpc) is 3.30. The minimum absolute atomic E-state index is 0.0155. The molecule has 0 heterocycles. The summed E-state index contributed by atoms with van der Waals surface area (Å²) >= 11 is 0. The van der Waals surface area contributed by atoms with E-state index < -0.39 is 111 Å². The number of nitrogens with one attached hydrogen (secondary N) is 8. The lowest BCUT2D eigenvalue weighted by molar-refractivity contribution is -0.151. The van der Waals surface area contributed by atoms with Gasteiger partial charge in [0.25, 0.3) is 11.8 Å². The second-order valence-electron chi connectivity index (χ2n) is 13.8. The summed E-state index contributed by atoms with van der Waals surface area (Å²) in [4.78, 5) is 137. The molecule has 2 atom stereocenters. The average molecular weight is 1040 g/mol. The number of carbonyl (C=O) groups excluding carboxylic acids is 12. The van der Waals surface area contributed by atoms with E-state index in [1.807, 2.05) is 13.8 Å². The monoisotopic (exact) mass is 1040 g/mol. The smallest absolute Gasteiger partial charge is 0.409 e. The molecule has 8 N–H and O–H groups in total. The Morgan fingerprint density at radius 3 is 1.07 bits per heavy atom. The van der Waals surface area contributed by atoms with Gasteiger partial charge >= 0.3 is 60.4 Å². The third-order valence-corrected chi connectivity index (χ3v) is 6.82. The molecule has 0 aromatic rings. The third kappa shape index (κ3) is 42.0. The first-order valence-corrected chi connectivity index (χ1v) is 21.1. The van der Waals surface area contributed by atoms with Crippen molar-refractivity contribution in [2.24, 2.45) is 0 Å². The van der Waals surface area contributed by atoms with Gasteiger partial charge in [0.05, 0.1) is 46.0 Å². The third-order valence-electron chi connectivity index (χ3n) is 6.82. The molecule has 0 aromatic heterocycles. The molecule has 0 spiro atoms. The maximum Gasteiger partial charge on any atom is 0.409 e. The number of carbonyl (C=O) groups is 12. The highest BCUT2D eigenvalue weighted by Gasteiger charge is 2.15. The molecule has 32 nitrogen and oxygen atoms in total. The summed E-state index contributed by atoms with van der Waals surface area (Å²) in [7, 11) is 1.45. The van der Waals surface area contributed by atoms with Gasteiger partial charge in [-0.3, -0.25) is 9.59 Å². The van der Waals surface area contributed by atoms with Crippen LogP contribution < -0.4 is 42.5 Å². The maximum absolute atomic E-state index is 11.6. The Balaban J connectivity index is 0. The summed E-state index contributed by atoms with van der Waals surface area (Å²) in [5.74, 6) is -4.78. The zero-order valence-corrected chi connectivity index (χ0v) is 40.8. The minimum Gasteiger partial charge on any atom is -0.459 e. The van der Waals surface area contributed by atoms with Crippen LogP contribution in [0.2, 0.25) is 0 Å². The first-order chi connectivity index (χ1) is 33.9. The van der Waals surface area contributed by atoms with Gasteiger partial charge in [-0.2, -0.15) is 0 Å². The Labute approximate surface area is 412 Å². The van der Waals surface area contributed by atoms with Gasteiger partial charge in [0, 0.05) is 18.3 Å². The largest absolute Gasteiger partial charge is 0.459 e. The number of amides is 8. The van der Waals surface area contributed by atoms with Crippen LogP contribution in [0.3, 0.4) is 0 Å². The highest BCUT2D eigenvalue weighted by Crippen LogP contribution is 1.97. The lowest BCUT2D eigenvalue weighted by atomic mass is 10.4. The van der Waals surface area contributed by atoms with E-state index in [4.69, 9.17) is 33.2 Å². The number of hydrogen-bond donors (Lipinski definition) is 8. The predicted octanol–water partition coefficient (Wildman–Crippen LogP) is -1.43.